The number of ether oxygens (including phenoxy) is 2. The number of hydrogen-bond acceptors (Lipinski definition) is 6. The Balaban J connectivity index is 1.51. The van der Waals surface area contributed by atoms with Crippen LogP contribution in [-0.4, -0.2) is 58.0 Å². The fraction of sp³-hybridized carbons (Fsp3) is 0.304. The highest BCUT2D eigenvalue weighted by molar-refractivity contribution is 7.92. The van der Waals surface area contributed by atoms with E-state index in [0.29, 0.717) is 30.4 Å². The van der Waals surface area contributed by atoms with E-state index in [-0.39, 0.29) is 13.1 Å². The molecule has 1 heterocycles. The number of hydrogen-bond donors (Lipinski definition) is 2. The topological polar surface area (TPSA) is 114 Å². The highest BCUT2D eigenvalue weighted by Crippen LogP contribution is 2.32. The minimum atomic E-state index is -3.82. The molecule has 2 amide bonds. The van der Waals surface area contributed by atoms with E-state index in [1.165, 1.54) is 11.0 Å². The second-order valence-electron chi connectivity index (χ2n) is 7.39. The quantitative estimate of drug-likeness (QED) is 0.577. The smallest absolute Gasteiger partial charge is 0.243 e. The first kappa shape index (κ1) is 24.3. The molecule has 0 fully saturated rings. The normalized spacial score (nSPS) is 13.0. The van der Waals surface area contributed by atoms with E-state index >= 15 is 0 Å². The molecule has 0 atom stereocenters. The molecule has 2 aromatic carbocycles. The van der Waals surface area contributed by atoms with Crippen molar-refractivity contribution >= 4 is 33.6 Å². The average Bonchev–Trinajstić information content (AvgIpc) is 2.80. The number of nitrogens with one attached hydrogen (secondary N) is 2. The number of benzene rings is 2. The van der Waals surface area contributed by atoms with E-state index in [2.05, 4.69) is 10.0 Å². The van der Waals surface area contributed by atoms with E-state index in [1.807, 2.05) is 19.1 Å². The molecule has 0 saturated heterocycles. The molecule has 176 valence electrons. The van der Waals surface area contributed by atoms with Gasteiger partial charge in [-0.05, 0) is 37.6 Å². The number of amides is 2. The Kier molecular flexibility index (Phi) is 8.07. The number of nitrogens with zero attached hydrogens (tertiary/aromatic N) is 1. The first-order valence-electron chi connectivity index (χ1n) is 10.5. The van der Waals surface area contributed by atoms with Gasteiger partial charge in [-0.3, -0.25) is 9.59 Å². The van der Waals surface area contributed by atoms with Gasteiger partial charge in [0.05, 0.1) is 13.1 Å². The molecule has 10 heteroatoms. The molecule has 0 spiro atoms. The van der Waals surface area contributed by atoms with Gasteiger partial charge in [-0.1, -0.05) is 29.8 Å². The number of sulfonamides is 1. The van der Waals surface area contributed by atoms with Gasteiger partial charge in [0.1, 0.15) is 13.2 Å². The van der Waals surface area contributed by atoms with Gasteiger partial charge in [-0.15, -0.1) is 0 Å². The van der Waals surface area contributed by atoms with Crippen molar-refractivity contribution in [2.75, 3.05) is 38.2 Å². The van der Waals surface area contributed by atoms with Gasteiger partial charge in [0.25, 0.3) is 0 Å². The highest BCUT2D eigenvalue weighted by atomic mass is 32.2. The van der Waals surface area contributed by atoms with Crippen molar-refractivity contribution in [3.05, 3.63) is 59.0 Å². The average molecular weight is 474 g/mol. The van der Waals surface area contributed by atoms with Crippen molar-refractivity contribution in [3.63, 3.8) is 0 Å². The van der Waals surface area contributed by atoms with Crippen LogP contribution in [0.25, 0.3) is 6.08 Å². The van der Waals surface area contributed by atoms with E-state index in [9.17, 15) is 18.0 Å². The Morgan fingerprint density at radius 3 is 2.45 bits per heavy atom. The fourth-order valence-corrected chi connectivity index (χ4v) is 3.80. The SMILES string of the molecule is CCN(CC(=O)Nc1ccc2c(c1)OCCO2)C(=O)CNS(=O)(=O)/C=C/c1ccc(C)cc1. The zero-order valence-corrected chi connectivity index (χ0v) is 19.4. The number of carbonyl (C=O) groups excluding carboxylic acids is 2. The third-order valence-corrected chi connectivity index (χ3v) is 5.88. The number of aryl methyl sites for hydroxylation is 1. The number of likely N-dealkylation sites (N-methyl/N-ethyl adjacent to an activating group) is 1. The Morgan fingerprint density at radius 1 is 1.06 bits per heavy atom. The van der Waals surface area contributed by atoms with Crippen LogP contribution in [0.3, 0.4) is 0 Å². The van der Waals surface area contributed by atoms with E-state index in [1.54, 1.807) is 37.3 Å². The summed E-state index contributed by atoms with van der Waals surface area (Å²) < 4.78 is 37.6. The molecular formula is C23H27N3O6S. The minimum absolute atomic E-state index is 0.218. The van der Waals surface area contributed by atoms with Gasteiger partial charge < -0.3 is 19.7 Å². The van der Waals surface area contributed by atoms with Crippen molar-refractivity contribution in [2.45, 2.75) is 13.8 Å². The molecule has 9 nitrogen and oxygen atoms in total. The second-order valence-corrected chi connectivity index (χ2v) is 9.04. The lowest BCUT2D eigenvalue weighted by Gasteiger charge is -2.21. The fourth-order valence-electron chi connectivity index (χ4n) is 3.04. The van der Waals surface area contributed by atoms with Crippen LogP contribution < -0.4 is 19.5 Å². The lowest BCUT2D eigenvalue weighted by atomic mass is 10.2. The first-order chi connectivity index (χ1) is 15.8. The van der Waals surface area contributed by atoms with Crippen molar-refractivity contribution < 1.29 is 27.5 Å². The van der Waals surface area contributed by atoms with Gasteiger partial charge in [0.2, 0.25) is 21.8 Å². The predicted octanol–water partition coefficient (Wildman–Crippen LogP) is 2.14. The molecule has 3 rings (SSSR count). The number of rotatable bonds is 9. The van der Waals surface area contributed by atoms with Gasteiger partial charge >= 0.3 is 0 Å². The predicted molar refractivity (Wildman–Crippen MR) is 125 cm³/mol. The van der Waals surface area contributed by atoms with Crippen molar-refractivity contribution in [2.24, 2.45) is 0 Å². The summed E-state index contributed by atoms with van der Waals surface area (Å²) in [6.45, 7) is 4.12. The third kappa shape index (κ3) is 7.33. The van der Waals surface area contributed by atoms with Crippen LogP contribution >= 0.6 is 0 Å². The summed E-state index contributed by atoms with van der Waals surface area (Å²) in [5, 5.41) is 3.72. The number of anilines is 1. The van der Waals surface area contributed by atoms with Crippen LogP contribution in [-0.2, 0) is 19.6 Å². The molecule has 33 heavy (non-hydrogen) atoms. The van der Waals surface area contributed by atoms with Crippen molar-refractivity contribution in [1.82, 2.24) is 9.62 Å². The lowest BCUT2D eigenvalue weighted by molar-refractivity contribution is -0.133. The maximum absolute atomic E-state index is 12.5. The molecule has 0 unspecified atom stereocenters. The van der Waals surface area contributed by atoms with Gasteiger partial charge in [-0.2, -0.15) is 0 Å². The number of carbonyl (C=O) groups is 2. The van der Waals surface area contributed by atoms with Gasteiger partial charge in [0, 0.05) is 23.7 Å². The van der Waals surface area contributed by atoms with Crippen LogP contribution in [0.2, 0.25) is 0 Å². The summed E-state index contributed by atoms with van der Waals surface area (Å²) in [5.41, 5.74) is 2.30. The molecule has 1 aliphatic rings. The van der Waals surface area contributed by atoms with Crippen molar-refractivity contribution in [3.8, 4) is 11.5 Å². The molecule has 1 aliphatic heterocycles. The van der Waals surface area contributed by atoms with E-state index < -0.39 is 28.4 Å². The molecule has 0 saturated carbocycles. The summed E-state index contributed by atoms with van der Waals surface area (Å²) in [6, 6.07) is 12.4. The monoisotopic (exact) mass is 473 g/mol. The Hall–Kier alpha value is -3.37. The molecular weight excluding hydrogens is 446 g/mol. The Labute approximate surface area is 193 Å². The standard InChI is InChI=1S/C23H27N3O6S/c1-3-26(16-22(27)25-19-8-9-20-21(14-19)32-12-11-31-20)23(28)15-24-33(29,30)13-10-18-6-4-17(2)5-7-18/h4-10,13-14,24H,3,11-12,15-16H2,1-2H3,(H,25,27)/b13-10+. The van der Waals surface area contributed by atoms with E-state index in [0.717, 1.165) is 16.5 Å². The second kappa shape index (κ2) is 11.0. The molecule has 0 radical (unpaired) electrons. The molecule has 0 bridgehead atoms. The summed E-state index contributed by atoms with van der Waals surface area (Å²) >= 11 is 0. The van der Waals surface area contributed by atoms with Crippen LogP contribution in [0.15, 0.2) is 47.9 Å². The first-order valence-corrected chi connectivity index (χ1v) is 12.0. The van der Waals surface area contributed by atoms with Gasteiger partial charge in [0.15, 0.2) is 11.5 Å². The summed E-state index contributed by atoms with van der Waals surface area (Å²) in [7, 11) is -3.82. The summed E-state index contributed by atoms with van der Waals surface area (Å²) in [4.78, 5) is 26.1. The zero-order valence-electron chi connectivity index (χ0n) is 18.5. The van der Waals surface area contributed by atoms with Crippen molar-refractivity contribution in [1.29, 1.82) is 0 Å². The Bertz CT molecular complexity index is 1130. The van der Waals surface area contributed by atoms with Crippen LogP contribution in [0.5, 0.6) is 11.5 Å². The molecule has 2 N–H and O–H groups in total. The molecule has 0 aliphatic carbocycles. The largest absolute Gasteiger partial charge is 0.486 e. The summed E-state index contributed by atoms with van der Waals surface area (Å²) in [6.07, 6.45) is 1.45. The van der Waals surface area contributed by atoms with Crippen LogP contribution in [0, 0.1) is 6.92 Å². The van der Waals surface area contributed by atoms with Crippen LogP contribution in [0.4, 0.5) is 5.69 Å². The van der Waals surface area contributed by atoms with Gasteiger partial charge in [-0.25, -0.2) is 13.1 Å². The molecule has 0 aromatic heterocycles. The maximum atomic E-state index is 12.5. The third-order valence-electron chi connectivity index (χ3n) is 4.84. The number of fused-ring (bicyclic) bond motifs is 1. The summed E-state index contributed by atoms with van der Waals surface area (Å²) in [5.74, 6) is 0.218. The van der Waals surface area contributed by atoms with E-state index in [4.69, 9.17) is 9.47 Å². The van der Waals surface area contributed by atoms with Crippen LogP contribution in [0.1, 0.15) is 18.1 Å². The zero-order chi connectivity index (χ0) is 23.8. The maximum Gasteiger partial charge on any atom is 0.243 e. The lowest BCUT2D eigenvalue weighted by Crippen LogP contribution is -2.43. The Morgan fingerprint density at radius 2 is 1.76 bits per heavy atom. The molecule has 2 aromatic rings. The highest BCUT2D eigenvalue weighted by Gasteiger charge is 2.18. The minimum Gasteiger partial charge on any atom is -0.486 e.